The Kier molecular flexibility index (Phi) is 8.01. The molecule has 0 aliphatic rings. The average Bonchev–Trinajstić information content (AvgIpc) is 2.58. The molecule has 1 atom stereocenters. The fourth-order valence-electron chi connectivity index (χ4n) is 2.82. The molecule has 1 unspecified atom stereocenters. The van der Waals surface area contributed by atoms with Gasteiger partial charge < -0.3 is 14.9 Å². The van der Waals surface area contributed by atoms with E-state index in [1.165, 1.54) is 11.8 Å². The molecule has 2 rings (SSSR count). The van der Waals surface area contributed by atoms with Crippen molar-refractivity contribution >= 4 is 17.7 Å². The van der Waals surface area contributed by atoms with Crippen LogP contribution in [0, 0.1) is 13.8 Å². The fourth-order valence-corrected chi connectivity index (χ4v) is 3.70. The van der Waals surface area contributed by atoms with Crippen LogP contribution in [0.2, 0.25) is 0 Å². The lowest BCUT2D eigenvalue weighted by molar-refractivity contribution is -0.136. The number of carbonyl (C=O) groups is 1. The molecule has 0 saturated heterocycles. The Morgan fingerprint density at radius 3 is 2.62 bits per heavy atom. The summed E-state index contributed by atoms with van der Waals surface area (Å²) in [5.74, 6) is 1.04. The molecule has 0 heterocycles. The summed E-state index contributed by atoms with van der Waals surface area (Å²) in [4.78, 5) is 10.6. The van der Waals surface area contributed by atoms with Gasteiger partial charge in [-0.1, -0.05) is 48.0 Å². The van der Waals surface area contributed by atoms with Crippen LogP contribution < -0.4 is 4.74 Å². The van der Waals surface area contributed by atoms with Crippen LogP contribution in [0.15, 0.2) is 42.5 Å². The molecule has 0 aliphatic carbocycles. The van der Waals surface area contributed by atoms with Crippen molar-refractivity contribution in [3.05, 3.63) is 64.7 Å². The summed E-state index contributed by atoms with van der Waals surface area (Å²) >= 11 is 1.46. The molecule has 0 spiro atoms. The number of aryl methyl sites for hydroxylation is 2. The van der Waals surface area contributed by atoms with Gasteiger partial charge in [0, 0.05) is 17.9 Å². The first kappa shape index (κ1) is 20.3. The van der Waals surface area contributed by atoms with Gasteiger partial charge in [-0.15, -0.1) is 0 Å². The van der Waals surface area contributed by atoms with E-state index in [0.29, 0.717) is 24.5 Å². The second-order valence-electron chi connectivity index (χ2n) is 6.42. The minimum absolute atomic E-state index is 0.117. The number of carboxylic acid groups (broad SMARTS) is 1. The SMILES string of the molecule is Cc1cc(C)c(OCc2ccccc2)c(CC(O)CSCCC(=O)O)c1. The number of carboxylic acids is 1. The van der Waals surface area contributed by atoms with Gasteiger partial charge >= 0.3 is 5.97 Å². The summed E-state index contributed by atoms with van der Waals surface area (Å²) in [5, 5.41) is 19.0. The predicted molar refractivity (Wildman–Crippen MR) is 106 cm³/mol. The third-order valence-corrected chi connectivity index (χ3v) is 5.06. The summed E-state index contributed by atoms with van der Waals surface area (Å²) in [5.41, 5.74) is 4.28. The van der Waals surface area contributed by atoms with Crippen LogP contribution in [-0.2, 0) is 17.8 Å². The minimum atomic E-state index is -0.808. The molecule has 26 heavy (non-hydrogen) atoms. The van der Waals surface area contributed by atoms with E-state index >= 15 is 0 Å². The Hall–Kier alpha value is -1.98. The smallest absolute Gasteiger partial charge is 0.304 e. The first-order valence-corrected chi connectivity index (χ1v) is 9.85. The molecule has 0 bridgehead atoms. The van der Waals surface area contributed by atoms with Gasteiger partial charge in [-0.05, 0) is 30.5 Å². The number of benzene rings is 2. The summed E-state index contributed by atoms with van der Waals surface area (Å²) < 4.78 is 6.07. The maximum atomic E-state index is 10.6. The maximum Gasteiger partial charge on any atom is 0.304 e. The van der Waals surface area contributed by atoms with Crippen molar-refractivity contribution in [3.8, 4) is 5.75 Å². The van der Waals surface area contributed by atoms with Crippen LogP contribution >= 0.6 is 11.8 Å². The normalized spacial score (nSPS) is 12.0. The number of hydrogen-bond donors (Lipinski definition) is 2. The Bertz CT molecular complexity index is 715. The van der Waals surface area contributed by atoms with Gasteiger partial charge in [0.2, 0.25) is 0 Å². The van der Waals surface area contributed by atoms with Gasteiger partial charge in [0.15, 0.2) is 0 Å². The lowest BCUT2D eigenvalue weighted by Gasteiger charge is -2.18. The molecule has 0 amide bonds. The molecular weight excluding hydrogens is 348 g/mol. The molecule has 4 nitrogen and oxygen atoms in total. The van der Waals surface area contributed by atoms with E-state index in [4.69, 9.17) is 9.84 Å². The van der Waals surface area contributed by atoms with Crippen LogP contribution in [0.4, 0.5) is 0 Å². The van der Waals surface area contributed by atoms with Gasteiger partial charge in [-0.3, -0.25) is 4.79 Å². The highest BCUT2D eigenvalue weighted by molar-refractivity contribution is 7.99. The van der Waals surface area contributed by atoms with E-state index in [9.17, 15) is 9.90 Å². The molecule has 0 saturated carbocycles. The number of aliphatic hydroxyl groups excluding tert-OH is 1. The number of hydrogen-bond acceptors (Lipinski definition) is 4. The average molecular weight is 375 g/mol. The summed E-state index contributed by atoms with van der Waals surface area (Å²) in [6, 6.07) is 14.1. The van der Waals surface area contributed by atoms with Crippen molar-refractivity contribution in [3.63, 3.8) is 0 Å². The Balaban J connectivity index is 2.00. The fraction of sp³-hybridized carbons (Fsp3) is 0.381. The monoisotopic (exact) mass is 374 g/mol. The topological polar surface area (TPSA) is 66.8 Å². The second-order valence-corrected chi connectivity index (χ2v) is 7.57. The van der Waals surface area contributed by atoms with E-state index in [1.54, 1.807) is 0 Å². The van der Waals surface area contributed by atoms with Crippen LogP contribution in [0.1, 0.15) is 28.7 Å². The zero-order valence-electron chi connectivity index (χ0n) is 15.3. The van der Waals surface area contributed by atoms with E-state index in [2.05, 4.69) is 12.1 Å². The number of thioether (sulfide) groups is 1. The Labute approximate surface area is 159 Å². The van der Waals surface area contributed by atoms with Crippen LogP contribution in [0.25, 0.3) is 0 Å². The Morgan fingerprint density at radius 1 is 1.19 bits per heavy atom. The molecule has 0 fully saturated rings. The van der Waals surface area contributed by atoms with Gasteiger partial charge in [-0.25, -0.2) is 0 Å². The molecule has 5 heteroatoms. The Morgan fingerprint density at radius 2 is 1.92 bits per heavy atom. The zero-order chi connectivity index (χ0) is 18.9. The van der Waals surface area contributed by atoms with E-state index in [1.807, 2.05) is 44.2 Å². The third-order valence-electron chi connectivity index (χ3n) is 3.95. The molecule has 0 radical (unpaired) electrons. The molecule has 2 aromatic rings. The van der Waals surface area contributed by atoms with E-state index in [0.717, 1.165) is 28.0 Å². The number of aliphatic carboxylic acids is 1. The van der Waals surface area contributed by atoms with Crippen molar-refractivity contribution in [1.29, 1.82) is 0 Å². The first-order chi connectivity index (χ1) is 12.5. The highest BCUT2D eigenvalue weighted by atomic mass is 32.2. The molecule has 0 aromatic heterocycles. The third kappa shape index (κ3) is 6.73. The quantitative estimate of drug-likeness (QED) is 0.616. The first-order valence-electron chi connectivity index (χ1n) is 8.70. The van der Waals surface area contributed by atoms with Crippen LogP contribution in [0.5, 0.6) is 5.75 Å². The standard InChI is InChI=1S/C21H26O4S/c1-15-10-16(2)21(25-13-17-6-4-3-5-7-17)18(11-15)12-19(22)14-26-9-8-20(23)24/h3-7,10-11,19,22H,8-9,12-14H2,1-2H3,(H,23,24). The molecule has 2 N–H and O–H groups in total. The zero-order valence-corrected chi connectivity index (χ0v) is 16.1. The van der Waals surface area contributed by atoms with Gasteiger partial charge in [-0.2, -0.15) is 11.8 Å². The van der Waals surface area contributed by atoms with Crippen molar-refractivity contribution in [2.45, 2.75) is 39.4 Å². The molecule has 2 aromatic carbocycles. The maximum absolute atomic E-state index is 10.6. The van der Waals surface area contributed by atoms with E-state index < -0.39 is 12.1 Å². The number of aliphatic hydroxyl groups is 1. The lowest BCUT2D eigenvalue weighted by Crippen LogP contribution is -2.15. The summed E-state index contributed by atoms with van der Waals surface area (Å²) in [6.45, 7) is 4.54. The number of ether oxygens (including phenoxy) is 1. The predicted octanol–water partition coefficient (Wildman–Crippen LogP) is 3.99. The van der Waals surface area contributed by atoms with Crippen molar-refractivity contribution < 1.29 is 19.7 Å². The molecule has 0 aliphatic heterocycles. The van der Waals surface area contributed by atoms with E-state index in [-0.39, 0.29) is 6.42 Å². The van der Waals surface area contributed by atoms with Crippen LogP contribution in [0.3, 0.4) is 0 Å². The van der Waals surface area contributed by atoms with Gasteiger partial charge in [0.25, 0.3) is 0 Å². The second kappa shape index (κ2) is 10.2. The molecule has 140 valence electrons. The summed E-state index contributed by atoms with van der Waals surface area (Å²) in [7, 11) is 0. The van der Waals surface area contributed by atoms with Crippen molar-refractivity contribution in [2.24, 2.45) is 0 Å². The van der Waals surface area contributed by atoms with Crippen LogP contribution in [-0.4, -0.2) is 33.8 Å². The summed E-state index contributed by atoms with van der Waals surface area (Å²) in [6.07, 6.45) is 0.0769. The van der Waals surface area contributed by atoms with Crippen molar-refractivity contribution in [1.82, 2.24) is 0 Å². The lowest BCUT2D eigenvalue weighted by atomic mass is 10.0. The largest absolute Gasteiger partial charge is 0.488 e. The molecular formula is C21H26O4S. The van der Waals surface area contributed by atoms with Gasteiger partial charge in [0.05, 0.1) is 12.5 Å². The highest BCUT2D eigenvalue weighted by Gasteiger charge is 2.14. The number of rotatable bonds is 10. The van der Waals surface area contributed by atoms with Crippen molar-refractivity contribution in [2.75, 3.05) is 11.5 Å². The highest BCUT2D eigenvalue weighted by Crippen LogP contribution is 2.28. The minimum Gasteiger partial charge on any atom is -0.488 e. The van der Waals surface area contributed by atoms with Gasteiger partial charge in [0.1, 0.15) is 12.4 Å².